The van der Waals surface area contributed by atoms with E-state index < -0.39 is 27.6 Å². The van der Waals surface area contributed by atoms with Gasteiger partial charge in [-0.25, -0.2) is 22.2 Å². The van der Waals surface area contributed by atoms with Crippen LogP contribution in [0.25, 0.3) is 12.2 Å². The second-order valence-corrected chi connectivity index (χ2v) is 8.26. The molecule has 3 aromatic rings. The van der Waals surface area contributed by atoms with E-state index in [-0.39, 0.29) is 21.0 Å². The van der Waals surface area contributed by atoms with Crippen molar-refractivity contribution in [1.82, 2.24) is 4.98 Å². The molecule has 1 N–H and O–H groups in total. The molecule has 4 nitrogen and oxygen atoms in total. The normalized spacial score (nSPS) is 13.0. The zero-order valence-corrected chi connectivity index (χ0v) is 16.4. The Morgan fingerprint density at radius 1 is 1.07 bits per heavy atom. The van der Waals surface area contributed by atoms with Gasteiger partial charge in [-0.3, -0.25) is 0 Å². The minimum atomic E-state index is -3.92. The predicted octanol–water partition coefficient (Wildman–Crippen LogP) is 4.81. The summed E-state index contributed by atoms with van der Waals surface area (Å²) in [6, 6.07) is 12.4. The van der Waals surface area contributed by atoms with Crippen molar-refractivity contribution < 1.29 is 22.3 Å². The van der Waals surface area contributed by atoms with Gasteiger partial charge >= 0.3 is 0 Å². The van der Waals surface area contributed by atoms with Crippen molar-refractivity contribution in [2.75, 3.05) is 0 Å². The van der Waals surface area contributed by atoms with Crippen LogP contribution >= 0.6 is 0 Å². The highest BCUT2D eigenvalue weighted by Gasteiger charge is 2.25. The highest BCUT2D eigenvalue weighted by molar-refractivity contribution is 7.91. The Balaban J connectivity index is 1.89. The third-order valence-corrected chi connectivity index (χ3v) is 6.15. The number of hydrogen-bond acceptors (Lipinski definition) is 4. The van der Waals surface area contributed by atoms with E-state index in [1.807, 2.05) is 0 Å². The summed E-state index contributed by atoms with van der Waals surface area (Å²) in [6.07, 6.45) is 3.87. The minimum Gasteiger partial charge on any atom is -0.388 e. The van der Waals surface area contributed by atoms with E-state index in [1.54, 1.807) is 37.3 Å². The highest BCUT2D eigenvalue weighted by atomic mass is 32.2. The SMILES string of the molecule is CCC(O)c1cccnc1S(=O)(=O)c1ccc(C=Cc2ccc(F)cc2F)cc1. The molecular formula is C22H19F2NO3S. The molecule has 29 heavy (non-hydrogen) atoms. The number of halogens is 2. The monoisotopic (exact) mass is 415 g/mol. The first-order valence-corrected chi connectivity index (χ1v) is 10.4. The average Bonchev–Trinajstić information content (AvgIpc) is 2.73. The van der Waals surface area contributed by atoms with Crippen molar-refractivity contribution in [2.45, 2.75) is 29.4 Å². The van der Waals surface area contributed by atoms with Gasteiger partial charge in [0.05, 0.1) is 11.0 Å². The van der Waals surface area contributed by atoms with Crippen LogP contribution in [0.3, 0.4) is 0 Å². The number of hydrogen-bond donors (Lipinski definition) is 1. The fourth-order valence-corrected chi connectivity index (χ4v) is 4.23. The first-order valence-electron chi connectivity index (χ1n) is 8.94. The van der Waals surface area contributed by atoms with Crippen molar-refractivity contribution >= 4 is 22.0 Å². The molecule has 0 aliphatic rings. The van der Waals surface area contributed by atoms with Crippen LogP contribution in [-0.4, -0.2) is 18.5 Å². The van der Waals surface area contributed by atoms with Crippen LogP contribution in [0.5, 0.6) is 0 Å². The van der Waals surface area contributed by atoms with Gasteiger partial charge in [0, 0.05) is 23.4 Å². The smallest absolute Gasteiger partial charge is 0.224 e. The second kappa shape index (κ2) is 8.63. The standard InChI is InChI=1S/C22H19F2NO3S/c1-2-21(26)19-4-3-13-25-22(19)29(27,28)18-11-6-15(7-12-18)5-8-16-9-10-17(23)14-20(16)24/h3-14,21,26H,2H2,1H3. The van der Waals surface area contributed by atoms with Gasteiger partial charge < -0.3 is 5.11 Å². The number of rotatable bonds is 6. The van der Waals surface area contributed by atoms with Gasteiger partial charge in [0.15, 0.2) is 5.03 Å². The van der Waals surface area contributed by atoms with Crippen LogP contribution in [0, 0.1) is 11.6 Å². The molecule has 0 aliphatic heterocycles. The number of aromatic nitrogens is 1. The zero-order chi connectivity index (χ0) is 21.0. The molecule has 2 aromatic carbocycles. The lowest BCUT2D eigenvalue weighted by Crippen LogP contribution is -2.10. The van der Waals surface area contributed by atoms with E-state index in [9.17, 15) is 22.3 Å². The molecule has 7 heteroatoms. The number of aliphatic hydroxyl groups excluding tert-OH is 1. The molecule has 1 aromatic heterocycles. The van der Waals surface area contributed by atoms with E-state index in [2.05, 4.69) is 4.98 Å². The van der Waals surface area contributed by atoms with Crippen LogP contribution in [0.2, 0.25) is 0 Å². The van der Waals surface area contributed by atoms with Crippen LogP contribution in [0.15, 0.2) is 70.7 Å². The lowest BCUT2D eigenvalue weighted by molar-refractivity contribution is 0.169. The van der Waals surface area contributed by atoms with Crippen LogP contribution in [-0.2, 0) is 9.84 Å². The summed E-state index contributed by atoms with van der Waals surface area (Å²) in [5.74, 6) is -1.34. The molecule has 0 saturated heterocycles. The Kier molecular flexibility index (Phi) is 6.20. The lowest BCUT2D eigenvalue weighted by atomic mass is 10.1. The van der Waals surface area contributed by atoms with Gasteiger partial charge in [0.1, 0.15) is 11.6 Å². The van der Waals surface area contributed by atoms with Crippen molar-refractivity contribution in [3.8, 4) is 0 Å². The maximum atomic E-state index is 13.7. The van der Waals surface area contributed by atoms with Crippen molar-refractivity contribution in [2.24, 2.45) is 0 Å². The Hall–Kier alpha value is -2.90. The Morgan fingerprint density at radius 3 is 2.45 bits per heavy atom. The molecule has 1 heterocycles. The second-order valence-electron chi connectivity index (χ2n) is 6.39. The lowest BCUT2D eigenvalue weighted by Gasteiger charge is -2.13. The Bertz CT molecular complexity index is 1140. The molecule has 0 saturated carbocycles. The molecule has 0 fully saturated rings. The average molecular weight is 415 g/mol. The van der Waals surface area contributed by atoms with E-state index in [0.29, 0.717) is 12.0 Å². The summed E-state index contributed by atoms with van der Waals surface area (Å²) in [4.78, 5) is 4.01. The van der Waals surface area contributed by atoms with Gasteiger partial charge in [-0.1, -0.05) is 37.3 Å². The quantitative estimate of drug-likeness (QED) is 0.587. The fraction of sp³-hybridized carbons (Fsp3) is 0.136. The number of sulfone groups is 1. The summed E-state index contributed by atoms with van der Waals surface area (Å²) in [6.45, 7) is 1.75. The Labute approximate surface area is 168 Å². The molecule has 1 atom stereocenters. The molecule has 0 spiro atoms. The maximum absolute atomic E-state index is 13.7. The van der Waals surface area contributed by atoms with Gasteiger partial charge in [0.25, 0.3) is 0 Å². The van der Waals surface area contributed by atoms with Gasteiger partial charge in [-0.2, -0.15) is 0 Å². The number of aliphatic hydroxyl groups is 1. The number of nitrogens with zero attached hydrogens (tertiary/aromatic N) is 1. The van der Waals surface area contributed by atoms with Crippen molar-refractivity contribution in [3.05, 3.63) is 89.1 Å². The van der Waals surface area contributed by atoms with E-state index in [4.69, 9.17) is 0 Å². The molecule has 3 rings (SSSR count). The molecular weight excluding hydrogens is 396 g/mol. The first kappa shape index (κ1) is 20.8. The third-order valence-electron chi connectivity index (χ3n) is 4.41. The predicted molar refractivity (Wildman–Crippen MR) is 107 cm³/mol. The molecule has 150 valence electrons. The van der Waals surface area contributed by atoms with E-state index in [0.717, 1.165) is 12.1 Å². The summed E-state index contributed by atoms with van der Waals surface area (Å²) in [7, 11) is -3.92. The van der Waals surface area contributed by atoms with Crippen LogP contribution in [0.4, 0.5) is 8.78 Å². The van der Waals surface area contributed by atoms with Gasteiger partial charge in [-0.15, -0.1) is 0 Å². The number of pyridine rings is 1. The van der Waals surface area contributed by atoms with Crippen molar-refractivity contribution in [3.63, 3.8) is 0 Å². The topological polar surface area (TPSA) is 67.3 Å². The fourth-order valence-electron chi connectivity index (χ4n) is 2.79. The molecule has 1 unspecified atom stereocenters. The van der Waals surface area contributed by atoms with E-state index in [1.165, 1.54) is 30.5 Å². The highest BCUT2D eigenvalue weighted by Crippen LogP contribution is 2.28. The summed E-state index contributed by atoms with van der Waals surface area (Å²) < 4.78 is 52.6. The zero-order valence-electron chi connectivity index (χ0n) is 15.6. The third kappa shape index (κ3) is 4.58. The summed E-state index contributed by atoms with van der Waals surface area (Å²) >= 11 is 0. The number of benzene rings is 2. The maximum Gasteiger partial charge on any atom is 0.224 e. The van der Waals surface area contributed by atoms with Gasteiger partial charge in [0.2, 0.25) is 9.84 Å². The molecule has 0 aliphatic carbocycles. The Morgan fingerprint density at radius 2 is 1.79 bits per heavy atom. The molecule has 0 amide bonds. The van der Waals surface area contributed by atoms with Crippen LogP contribution < -0.4 is 0 Å². The largest absolute Gasteiger partial charge is 0.388 e. The first-order chi connectivity index (χ1) is 13.8. The minimum absolute atomic E-state index is 0.0332. The summed E-state index contributed by atoms with van der Waals surface area (Å²) in [5, 5.41) is 9.94. The molecule has 0 bridgehead atoms. The van der Waals surface area contributed by atoms with E-state index >= 15 is 0 Å². The summed E-state index contributed by atoms with van der Waals surface area (Å²) in [5.41, 5.74) is 1.11. The molecule has 0 radical (unpaired) electrons. The van der Waals surface area contributed by atoms with Gasteiger partial charge in [-0.05, 0) is 42.3 Å². The van der Waals surface area contributed by atoms with Crippen molar-refractivity contribution in [1.29, 1.82) is 0 Å². The van der Waals surface area contributed by atoms with Crippen LogP contribution in [0.1, 0.15) is 36.1 Å².